The van der Waals surface area contributed by atoms with Crippen LogP contribution in [0.25, 0.3) is 0 Å². The molecule has 0 aliphatic heterocycles. The van der Waals surface area contributed by atoms with Gasteiger partial charge in [-0.25, -0.2) is 13.1 Å². The molecule has 0 aromatic carbocycles. The Bertz CT molecular complexity index is 465. The van der Waals surface area contributed by atoms with Crippen molar-refractivity contribution in [3.05, 3.63) is 17.0 Å². The van der Waals surface area contributed by atoms with Crippen LogP contribution in [0.2, 0.25) is 0 Å². The van der Waals surface area contributed by atoms with Gasteiger partial charge in [0.25, 0.3) is 0 Å². The first-order chi connectivity index (χ1) is 8.39. The minimum absolute atomic E-state index is 0.177. The molecule has 0 aliphatic rings. The summed E-state index contributed by atoms with van der Waals surface area (Å²) in [4.78, 5) is 1.04. The third-order valence-corrected chi connectivity index (χ3v) is 5.79. The lowest BCUT2D eigenvalue weighted by Crippen LogP contribution is -2.38. The van der Waals surface area contributed by atoms with Crippen molar-refractivity contribution in [3.63, 3.8) is 0 Å². The number of aryl methyl sites for hydroxylation is 1. The first-order valence-electron chi connectivity index (χ1n) is 6.11. The molecular weight excluding hydrogens is 270 g/mol. The molecule has 0 fully saturated rings. The lowest BCUT2D eigenvalue weighted by molar-refractivity contribution is 0.240. The summed E-state index contributed by atoms with van der Waals surface area (Å²) in [5.41, 5.74) is 0. The Balaban J connectivity index is 2.80. The topological polar surface area (TPSA) is 66.4 Å². The Morgan fingerprint density at radius 1 is 1.39 bits per heavy atom. The van der Waals surface area contributed by atoms with E-state index in [2.05, 4.69) is 4.72 Å². The van der Waals surface area contributed by atoms with E-state index in [9.17, 15) is 13.5 Å². The summed E-state index contributed by atoms with van der Waals surface area (Å²) >= 11 is 1.28. The van der Waals surface area contributed by atoms with Gasteiger partial charge in [0.1, 0.15) is 4.21 Å². The summed E-state index contributed by atoms with van der Waals surface area (Å²) in [5, 5.41) is 9.21. The Morgan fingerprint density at radius 2 is 2.06 bits per heavy atom. The number of rotatable bonds is 7. The average molecular weight is 291 g/mol. The molecule has 0 saturated carbocycles. The number of sulfonamides is 1. The second-order valence-corrected chi connectivity index (χ2v) is 7.81. The fourth-order valence-corrected chi connectivity index (χ4v) is 4.25. The van der Waals surface area contributed by atoms with Crippen LogP contribution < -0.4 is 4.72 Å². The molecule has 1 unspecified atom stereocenters. The van der Waals surface area contributed by atoms with E-state index in [-0.39, 0.29) is 6.61 Å². The fraction of sp³-hybridized carbons (Fsp3) is 0.667. The largest absolute Gasteiger partial charge is 0.395 e. The third-order valence-electron chi connectivity index (χ3n) is 2.55. The minimum Gasteiger partial charge on any atom is -0.395 e. The number of aliphatic hydroxyl groups is 1. The predicted molar refractivity (Wildman–Crippen MR) is 74.3 cm³/mol. The van der Waals surface area contributed by atoms with Crippen molar-refractivity contribution >= 4 is 21.4 Å². The summed E-state index contributed by atoms with van der Waals surface area (Å²) in [6.07, 6.45) is 1.46. The molecule has 1 heterocycles. The molecule has 1 aromatic heterocycles. The molecule has 1 rings (SSSR count). The average Bonchev–Trinajstić information content (AvgIpc) is 2.76. The van der Waals surface area contributed by atoms with Gasteiger partial charge in [-0.1, -0.05) is 20.8 Å². The van der Waals surface area contributed by atoms with Gasteiger partial charge >= 0.3 is 0 Å². The summed E-state index contributed by atoms with van der Waals surface area (Å²) in [6.45, 7) is 5.81. The number of hydrogen-bond donors (Lipinski definition) is 2. The summed E-state index contributed by atoms with van der Waals surface area (Å²) in [5.74, 6) is 0.333. The van der Waals surface area contributed by atoms with E-state index in [1.54, 1.807) is 6.07 Å². The van der Waals surface area contributed by atoms with E-state index < -0.39 is 16.1 Å². The van der Waals surface area contributed by atoms with Crippen molar-refractivity contribution in [2.75, 3.05) is 6.61 Å². The highest BCUT2D eigenvalue weighted by atomic mass is 32.2. The molecule has 0 bridgehead atoms. The lowest BCUT2D eigenvalue weighted by atomic mass is 10.1. The quantitative estimate of drug-likeness (QED) is 0.807. The van der Waals surface area contributed by atoms with Crippen LogP contribution in [0.3, 0.4) is 0 Å². The van der Waals surface area contributed by atoms with Gasteiger partial charge in [-0.15, -0.1) is 11.3 Å². The van der Waals surface area contributed by atoms with Gasteiger partial charge in [0.15, 0.2) is 0 Å². The summed E-state index contributed by atoms with van der Waals surface area (Å²) < 4.78 is 27.1. The summed E-state index contributed by atoms with van der Waals surface area (Å²) in [7, 11) is -3.50. The van der Waals surface area contributed by atoms with Crippen molar-refractivity contribution in [3.8, 4) is 0 Å². The monoisotopic (exact) mass is 291 g/mol. The number of aliphatic hydroxyl groups excluding tert-OH is 1. The lowest BCUT2D eigenvalue weighted by Gasteiger charge is -2.17. The van der Waals surface area contributed by atoms with Gasteiger partial charge in [-0.3, -0.25) is 0 Å². The van der Waals surface area contributed by atoms with E-state index in [4.69, 9.17) is 0 Å². The van der Waals surface area contributed by atoms with Gasteiger partial charge in [0.05, 0.1) is 6.61 Å². The van der Waals surface area contributed by atoms with E-state index in [1.165, 1.54) is 11.3 Å². The smallest absolute Gasteiger partial charge is 0.250 e. The first kappa shape index (κ1) is 15.6. The van der Waals surface area contributed by atoms with Crippen LogP contribution in [0.5, 0.6) is 0 Å². The maximum absolute atomic E-state index is 12.1. The SMILES string of the molecule is CCc1ccc(S(=O)(=O)NC(CO)CC(C)C)s1. The zero-order valence-electron chi connectivity index (χ0n) is 11.0. The fourth-order valence-electron chi connectivity index (χ4n) is 1.70. The van der Waals surface area contributed by atoms with Crippen LogP contribution in [0.15, 0.2) is 16.3 Å². The number of hydrogen-bond acceptors (Lipinski definition) is 4. The number of nitrogens with one attached hydrogen (secondary N) is 1. The molecule has 0 amide bonds. The zero-order valence-corrected chi connectivity index (χ0v) is 12.6. The van der Waals surface area contributed by atoms with E-state index in [1.807, 2.05) is 26.8 Å². The number of thiophene rings is 1. The van der Waals surface area contributed by atoms with Crippen LogP contribution in [-0.4, -0.2) is 26.2 Å². The Labute approximate surface area is 113 Å². The van der Waals surface area contributed by atoms with Gasteiger partial charge in [-0.2, -0.15) is 0 Å². The van der Waals surface area contributed by atoms with Crippen LogP contribution in [0.4, 0.5) is 0 Å². The molecule has 104 valence electrons. The highest BCUT2D eigenvalue weighted by Crippen LogP contribution is 2.22. The van der Waals surface area contributed by atoms with E-state index in [0.717, 1.165) is 11.3 Å². The second-order valence-electron chi connectivity index (χ2n) is 4.70. The van der Waals surface area contributed by atoms with E-state index in [0.29, 0.717) is 16.5 Å². The molecule has 0 saturated heterocycles. The molecule has 0 spiro atoms. The first-order valence-corrected chi connectivity index (χ1v) is 8.41. The van der Waals surface area contributed by atoms with Crippen molar-refractivity contribution in [2.24, 2.45) is 5.92 Å². The molecule has 0 radical (unpaired) electrons. The van der Waals surface area contributed by atoms with E-state index >= 15 is 0 Å². The van der Waals surface area contributed by atoms with Crippen molar-refractivity contribution in [1.29, 1.82) is 0 Å². The van der Waals surface area contributed by atoms with Crippen LogP contribution in [0.1, 0.15) is 32.1 Å². The minimum atomic E-state index is -3.50. The second kappa shape index (κ2) is 6.65. The Kier molecular flexibility index (Phi) is 5.78. The molecule has 1 atom stereocenters. The molecular formula is C12H21NO3S2. The molecule has 2 N–H and O–H groups in total. The zero-order chi connectivity index (χ0) is 13.8. The maximum atomic E-state index is 12.1. The van der Waals surface area contributed by atoms with Gasteiger partial charge in [-0.05, 0) is 30.9 Å². The highest BCUT2D eigenvalue weighted by molar-refractivity contribution is 7.91. The van der Waals surface area contributed by atoms with Crippen molar-refractivity contribution in [1.82, 2.24) is 4.72 Å². The molecule has 0 aliphatic carbocycles. The Hall–Kier alpha value is -0.430. The molecule has 6 heteroatoms. The standard InChI is InChI=1S/C12H21NO3S2/c1-4-11-5-6-12(17-11)18(15,16)13-10(8-14)7-9(2)3/h5-6,9-10,13-14H,4,7-8H2,1-3H3. The normalized spacial score (nSPS) is 14.1. The van der Waals surface area contributed by atoms with Crippen LogP contribution in [-0.2, 0) is 16.4 Å². The van der Waals surface area contributed by atoms with Gasteiger partial charge in [0, 0.05) is 10.9 Å². The molecule has 4 nitrogen and oxygen atoms in total. The highest BCUT2D eigenvalue weighted by Gasteiger charge is 2.21. The van der Waals surface area contributed by atoms with Crippen LogP contribution >= 0.6 is 11.3 Å². The Morgan fingerprint density at radius 3 is 2.50 bits per heavy atom. The third kappa shape index (κ3) is 4.35. The maximum Gasteiger partial charge on any atom is 0.250 e. The van der Waals surface area contributed by atoms with Gasteiger partial charge in [0.2, 0.25) is 10.0 Å². The van der Waals surface area contributed by atoms with Crippen molar-refractivity contribution in [2.45, 2.75) is 43.9 Å². The molecule has 18 heavy (non-hydrogen) atoms. The van der Waals surface area contributed by atoms with Crippen molar-refractivity contribution < 1.29 is 13.5 Å². The molecule has 1 aromatic rings. The summed E-state index contributed by atoms with van der Waals surface area (Å²) in [6, 6.07) is 3.04. The van der Waals surface area contributed by atoms with Gasteiger partial charge < -0.3 is 5.11 Å². The predicted octanol–water partition coefficient (Wildman–Crippen LogP) is 2.00. The van der Waals surface area contributed by atoms with Crippen LogP contribution in [0, 0.1) is 5.92 Å².